The van der Waals surface area contributed by atoms with Gasteiger partial charge in [-0.05, 0) is 25.1 Å². The van der Waals surface area contributed by atoms with E-state index in [-0.39, 0.29) is 0 Å². The monoisotopic (exact) mass is 274 g/mol. The van der Waals surface area contributed by atoms with Gasteiger partial charge in [-0.2, -0.15) is 0 Å². The molecule has 2 heterocycles. The molecule has 4 nitrogen and oxygen atoms in total. The van der Waals surface area contributed by atoms with E-state index >= 15 is 0 Å². The average molecular weight is 274 g/mol. The number of nitrogens with zero attached hydrogens (tertiary/aromatic N) is 3. The quantitative estimate of drug-likeness (QED) is 0.690. The highest BCUT2D eigenvalue weighted by atomic mass is 32.1. The van der Waals surface area contributed by atoms with E-state index in [1.807, 2.05) is 37.3 Å². The molecule has 0 amide bonds. The second kappa shape index (κ2) is 4.47. The predicted octanol–water partition coefficient (Wildman–Crippen LogP) is 4.66. The van der Waals surface area contributed by atoms with Gasteiger partial charge in [0.25, 0.3) is 0 Å². The molecule has 90 valence electrons. The molecule has 2 N–H and O–H groups in total. The first-order valence-electron chi connectivity index (χ1n) is 5.35. The maximum Gasteiger partial charge on any atom is 0.181 e. The molecule has 1 aromatic carbocycles. The van der Waals surface area contributed by atoms with Crippen LogP contribution < -0.4 is 5.73 Å². The third-order valence-electron chi connectivity index (χ3n) is 2.39. The van der Waals surface area contributed by atoms with Crippen molar-refractivity contribution < 1.29 is 0 Å². The summed E-state index contributed by atoms with van der Waals surface area (Å²) in [7, 11) is 0. The van der Waals surface area contributed by atoms with E-state index in [0.29, 0.717) is 5.13 Å². The van der Waals surface area contributed by atoms with Gasteiger partial charge in [-0.15, -0.1) is 10.2 Å². The average Bonchev–Trinajstić information content (AvgIpc) is 2.85. The Morgan fingerprint density at radius 3 is 2.61 bits per heavy atom. The first-order valence-corrected chi connectivity index (χ1v) is 6.98. The zero-order valence-corrected chi connectivity index (χ0v) is 11.3. The van der Waals surface area contributed by atoms with Gasteiger partial charge in [-0.25, -0.2) is 4.98 Å². The molecule has 0 aliphatic carbocycles. The highest BCUT2D eigenvalue weighted by molar-refractivity contribution is 7.30. The Balaban J connectivity index is 1.86. The highest BCUT2D eigenvalue weighted by Gasteiger charge is 2.05. The first-order chi connectivity index (χ1) is 8.70. The molecule has 2 aromatic heterocycles. The maximum atomic E-state index is 5.62. The number of anilines is 1. The van der Waals surface area contributed by atoms with Crippen LogP contribution in [0.3, 0.4) is 0 Å². The zero-order chi connectivity index (χ0) is 12.5. The molecule has 0 aliphatic rings. The van der Waals surface area contributed by atoms with Crippen molar-refractivity contribution in [2.75, 3.05) is 5.73 Å². The summed E-state index contributed by atoms with van der Waals surface area (Å²) in [6.45, 7) is 2.05. The van der Waals surface area contributed by atoms with Crippen LogP contribution in [-0.2, 0) is 0 Å². The number of nitrogens with two attached hydrogens (primary N) is 1. The van der Waals surface area contributed by atoms with Gasteiger partial charge in [-0.1, -0.05) is 40.4 Å². The van der Waals surface area contributed by atoms with Crippen molar-refractivity contribution in [1.82, 2.24) is 4.98 Å². The van der Waals surface area contributed by atoms with Crippen LogP contribution >= 0.6 is 22.7 Å². The fourth-order valence-corrected chi connectivity index (χ4v) is 3.32. The van der Waals surface area contributed by atoms with Crippen molar-refractivity contribution in [3.05, 3.63) is 35.9 Å². The standard InChI is InChI=1S/C12H10N4S2/c1-7-2-4-8(5-3-7)15-16-10-6-9-11(18-10)14-12(13)17-9/h2-6H,1H3,(H2,13,14). The van der Waals surface area contributed by atoms with Gasteiger partial charge in [0, 0.05) is 0 Å². The predicted molar refractivity (Wildman–Crippen MR) is 77.3 cm³/mol. The summed E-state index contributed by atoms with van der Waals surface area (Å²) in [4.78, 5) is 5.14. The summed E-state index contributed by atoms with van der Waals surface area (Å²) in [5.74, 6) is 0. The first kappa shape index (κ1) is 11.3. The molecule has 0 radical (unpaired) electrons. The minimum Gasteiger partial charge on any atom is -0.375 e. The van der Waals surface area contributed by atoms with E-state index < -0.39 is 0 Å². The minimum atomic E-state index is 0.596. The van der Waals surface area contributed by atoms with Crippen molar-refractivity contribution in [3.63, 3.8) is 0 Å². The number of benzene rings is 1. The normalized spacial score (nSPS) is 11.6. The summed E-state index contributed by atoms with van der Waals surface area (Å²) in [5.41, 5.74) is 7.69. The molecule has 0 aliphatic heterocycles. The van der Waals surface area contributed by atoms with Crippen LogP contribution in [0.4, 0.5) is 15.8 Å². The van der Waals surface area contributed by atoms with Crippen molar-refractivity contribution in [1.29, 1.82) is 0 Å². The van der Waals surface area contributed by atoms with Gasteiger partial charge in [0.2, 0.25) is 0 Å². The van der Waals surface area contributed by atoms with Crippen molar-refractivity contribution in [2.45, 2.75) is 6.92 Å². The molecule has 0 atom stereocenters. The van der Waals surface area contributed by atoms with E-state index in [0.717, 1.165) is 20.2 Å². The lowest BCUT2D eigenvalue weighted by atomic mass is 10.2. The number of hydrogen-bond acceptors (Lipinski definition) is 6. The number of aryl methyl sites for hydroxylation is 1. The fraction of sp³-hybridized carbons (Fsp3) is 0.0833. The number of thiazole rings is 1. The third-order valence-corrected chi connectivity index (χ3v) is 4.26. The Morgan fingerprint density at radius 2 is 1.89 bits per heavy atom. The van der Waals surface area contributed by atoms with Crippen LogP contribution in [0.2, 0.25) is 0 Å². The molecule has 0 saturated heterocycles. The number of thiophene rings is 1. The fourth-order valence-electron chi connectivity index (χ4n) is 1.51. The molecule has 0 saturated carbocycles. The lowest BCUT2D eigenvalue weighted by Gasteiger charge is -1.92. The van der Waals surface area contributed by atoms with Gasteiger partial charge in [0.1, 0.15) is 9.83 Å². The smallest absolute Gasteiger partial charge is 0.181 e. The summed E-state index contributed by atoms with van der Waals surface area (Å²) < 4.78 is 1.07. The van der Waals surface area contributed by atoms with E-state index in [1.54, 1.807) is 0 Å². The van der Waals surface area contributed by atoms with Gasteiger partial charge in [-0.3, -0.25) is 0 Å². The molecule has 18 heavy (non-hydrogen) atoms. The van der Waals surface area contributed by atoms with E-state index in [4.69, 9.17) is 5.73 Å². The zero-order valence-electron chi connectivity index (χ0n) is 9.62. The van der Waals surface area contributed by atoms with Gasteiger partial charge >= 0.3 is 0 Å². The van der Waals surface area contributed by atoms with Crippen molar-refractivity contribution in [2.24, 2.45) is 10.2 Å². The number of aromatic nitrogens is 1. The number of rotatable bonds is 2. The summed E-state index contributed by atoms with van der Waals surface area (Å²) in [6, 6.07) is 9.90. The van der Waals surface area contributed by atoms with Gasteiger partial charge < -0.3 is 5.73 Å². The van der Waals surface area contributed by atoms with Crippen LogP contribution in [0.15, 0.2) is 40.6 Å². The summed E-state index contributed by atoms with van der Waals surface area (Å²) >= 11 is 2.97. The molecule has 0 fully saturated rings. The second-order valence-electron chi connectivity index (χ2n) is 3.84. The van der Waals surface area contributed by atoms with Crippen LogP contribution in [0, 0.1) is 6.92 Å². The maximum absolute atomic E-state index is 5.62. The van der Waals surface area contributed by atoms with Crippen LogP contribution in [0.5, 0.6) is 0 Å². The molecule has 0 unspecified atom stereocenters. The Hall–Kier alpha value is -1.79. The third kappa shape index (κ3) is 2.25. The number of nitrogen functional groups attached to an aromatic ring is 1. The van der Waals surface area contributed by atoms with E-state index in [1.165, 1.54) is 28.2 Å². The number of fused-ring (bicyclic) bond motifs is 1. The molecular weight excluding hydrogens is 264 g/mol. The Kier molecular flexibility index (Phi) is 2.81. The van der Waals surface area contributed by atoms with E-state index in [2.05, 4.69) is 15.2 Å². The summed E-state index contributed by atoms with van der Waals surface area (Å²) in [6.07, 6.45) is 0. The van der Waals surface area contributed by atoms with Crippen molar-refractivity contribution >= 4 is 48.0 Å². The highest BCUT2D eigenvalue weighted by Crippen LogP contribution is 2.36. The lowest BCUT2D eigenvalue weighted by Crippen LogP contribution is -1.78. The lowest BCUT2D eigenvalue weighted by molar-refractivity contribution is 1.25. The van der Waals surface area contributed by atoms with Gasteiger partial charge in [0.05, 0.1) is 10.4 Å². The second-order valence-corrected chi connectivity index (χ2v) is 5.91. The molecule has 3 rings (SSSR count). The largest absolute Gasteiger partial charge is 0.375 e. The number of hydrogen-bond donors (Lipinski definition) is 1. The summed E-state index contributed by atoms with van der Waals surface area (Å²) in [5, 5.41) is 9.86. The molecule has 0 bridgehead atoms. The topological polar surface area (TPSA) is 63.6 Å². The molecule has 0 spiro atoms. The van der Waals surface area contributed by atoms with Gasteiger partial charge in [0.15, 0.2) is 5.13 Å². The minimum absolute atomic E-state index is 0.596. The van der Waals surface area contributed by atoms with Crippen LogP contribution in [-0.4, -0.2) is 4.98 Å². The Morgan fingerprint density at radius 1 is 1.11 bits per heavy atom. The van der Waals surface area contributed by atoms with E-state index in [9.17, 15) is 0 Å². The van der Waals surface area contributed by atoms with Crippen molar-refractivity contribution in [3.8, 4) is 0 Å². The molecule has 6 heteroatoms. The Labute approximate surface area is 112 Å². The Bertz CT molecular complexity index is 678. The SMILES string of the molecule is Cc1ccc(N=Nc2cc3sc(N)nc3s2)cc1. The molecular formula is C12H10N4S2. The number of azo groups is 1. The molecule has 3 aromatic rings. The van der Waals surface area contributed by atoms with Crippen LogP contribution in [0.1, 0.15) is 5.56 Å². The van der Waals surface area contributed by atoms with Crippen LogP contribution in [0.25, 0.3) is 9.53 Å².